The lowest BCUT2D eigenvalue weighted by atomic mass is 9.94. The Hall–Kier alpha value is -1.33. The second kappa shape index (κ2) is 6.62. The number of nitrogens with one attached hydrogen (secondary N) is 1. The van der Waals surface area contributed by atoms with Gasteiger partial charge in [0.15, 0.2) is 17.5 Å². The van der Waals surface area contributed by atoms with Gasteiger partial charge in [0.25, 0.3) is 0 Å². The van der Waals surface area contributed by atoms with Gasteiger partial charge in [0, 0.05) is 10.0 Å². The molecule has 0 aromatic heterocycles. The molecule has 2 aromatic rings. The highest BCUT2D eigenvalue weighted by atomic mass is 79.9. The summed E-state index contributed by atoms with van der Waals surface area (Å²) in [5.74, 6) is -3.78. The van der Waals surface area contributed by atoms with Gasteiger partial charge in [-0.25, -0.2) is 13.2 Å². The number of hydrogen-bond acceptors (Lipinski definition) is 1. The van der Waals surface area contributed by atoms with Crippen molar-refractivity contribution in [3.8, 4) is 0 Å². The lowest BCUT2D eigenvalue weighted by Crippen LogP contribution is -2.24. The van der Waals surface area contributed by atoms with E-state index in [9.17, 15) is 13.2 Å². The fraction of sp³-hybridized carbons (Fsp3) is 0.250. The molecule has 112 valence electrons. The van der Waals surface area contributed by atoms with Gasteiger partial charge >= 0.3 is 0 Å². The average Bonchev–Trinajstić information content (AvgIpc) is 2.46. The first-order valence-electron chi connectivity index (χ1n) is 6.59. The lowest BCUT2D eigenvalue weighted by molar-refractivity contribution is 0.433. The molecule has 0 aliphatic rings. The first-order chi connectivity index (χ1) is 9.97. The molecule has 21 heavy (non-hydrogen) atoms. The lowest BCUT2D eigenvalue weighted by Gasteiger charge is -2.22. The predicted molar refractivity (Wildman–Crippen MR) is 80.7 cm³/mol. The number of rotatable bonds is 4. The second-order valence-corrected chi connectivity index (χ2v) is 5.56. The van der Waals surface area contributed by atoms with E-state index in [0.717, 1.165) is 21.7 Å². The van der Waals surface area contributed by atoms with Crippen molar-refractivity contribution < 1.29 is 13.2 Å². The van der Waals surface area contributed by atoms with Crippen LogP contribution in [0.3, 0.4) is 0 Å². The molecule has 5 heteroatoms. The van der Waals surface area contributed by atoms with Gasteiger partial charge in [-0.1, -0.05) is 41.1 Å². The minimum absolute atomic E-state index is 0.0944. The largest absolute Gasteiger partial charge is 0.306 e. The summed E-state index contributed by atoms with van der Waals surface area (Å²) in [6.45, 7) is 4.33. The Bertz CT molecular complexity index is 658. The van der Waals surface area contributed by atoms with Crippen molar-refractivity contribution in [1.82, 2.24) is 5.32 Å². The van der Waals surface area contributed by atoms with E-state index < -0.39 is 23.5 Å². The van der Waals surface area contributed by atoms with Gasteiger partial charge < -0.3 is 5.32 Å². The molecular weight excluding hydrogens is 343 g/mol. The SMILES string of the molecule is CCNC(c1cccc(Br)c1C)c1ccc(F)c(F)c1F. The van der Waals surface area contributed by atoms with Crippen LogP contribution in [0.25, 0.3) is 0 Å². The molecule has 1 unspecified atom stereocenters. The summed E-state index contributed by atoms with van der Waals surface area (Å²) in [6.07, 6.45) is 0. The minimum Gasteiger partial charge on any atom is -0.306 e. The van der Waals surface area contributed by atoms with Gasteiger partial charge in [-0.15, -0.1) is 0 Å². The Kier molecular flexibility index (Phi) is 5.06. The third kappa shape index (κ3) is 3.14. The first-order valence-corrected chi connectivity index (χ1v) is 7.38. The van der Waals surface area contributed by atoms with Gasteiger partial charge in [0.1, 0.15) is 0 Å². The normalized spacial score (nSPS) is 12.5. The second-order valence-electron chi connectivity index (χ2n) is 4.71. The number of hydrogen-bond donors (Lipinski definition) is 1. The number of benzene rings is 2. The van der Waals surface area contributed by atoms with Crippen LogP contribution < -0.4 is 5.32 Å². The predicted octanol–water partition coefficient (Wildman–Crippen LogP) is 4.87. The minimum atomic E-state index is -1.44. The maximum atomic E-state index is 14.1. The average molecular weight is 358 g/mol. The fourth-order valence-corrected chi connectivity index (χ4v) is 2.67. The molecule has 1 atom stereocenters. The molecule has 2 aromatic carbocycles. The van der Waals surface area contributed by atoms with E-state index in [1.165, 1.54) is 6.07 Å². The zero-order valence-electron chi connectivity index (χ0n) is 11.7. The molecule has 0 amide bonds. The van der Waals surface area contributed by atoms with Crippen LogP contribution in [0.5, 0.6) is 0 Å². The van der Waals surface area contributed by atoms with Gasteiger partial charge in [0.2, 0.25) is 0 Å². The summed E-state index contributed by atoms with van der Waals surface area (Å²) in [4.78, 5) is 0. The molecule has 0 aliphatic carbocycles. The molecule has 2 rings (SSSR count). The maximum Gasteiger partial charge on any atom is 0.194 e. The van der Waals surface area contributed by atoms with Crippen molar-refractivity contribution in [3.63, 3.8) is 0 Å². The quantitative estimate of drug-likeness (QED) is 0.769. The Labute approximate surface area is 130 Å². The molecule has 0 heterocycles. The van der Waals surface area contributed by atoms with E-state index in [4.69, 9.17) is 0 Å². The summed E-state index contributed by atoms with van der Waals surface area (Å²) in [5, 5.41) is 3.12. The molecule has 0 saturated carbocycles. The molecular formula is C16H15BrF3N. The Morgan fingerprint density at radius 2 is 1.76 bits per heavy atom. The first kappa shape index (κ1) is 16.0. The zero-order chi connectivity index (χ0) is 15.6. The highest BCUT2D eigenvalue weighted by molar-refractivity contribution is 9.10. The van der Waals surface area contributed by atoms with Crippen molar-refractivity contribution in [1.29, 1.82) is 0 Å². The zero-order valence-corrected chi connectivity index (χ0v) is 13.3. The van der Waals surface area contributed by atoms with E-state index in [1.54, 1.807) is 0 Å². The Balaban J connectivity index is 2.59. The highest BCUT2D eigenvalue weighted by Gasteiger charge is 2.23. The van der Waals surface area contributed by atoms with Gasteiger partial charge in [-0.05, 0) is 36.7 Å². The van der Waals surface area contributed by atoms with E-state index in [-0.39, 0.29) is 5.56 Å². The third-order valence-corrected chi connectivity index (χ3v) is 4.26. The van der Waals surface area contributed by atoms with Crippen LogP contribution in [0.1, 0.15) is 29.7 Å². The van der Waals surface area contributed by atoms with Crippen LogP contribution in [-0.2, 0) is 0 Å². The number of halogens is 4. The fourth-order valence-electron chi connectivity index (χ4n) is 2.29. The van der Waals surface area contributed by atoms with E-state index in [0.29, 0.717) is 6.54 Å². The summed E-state index contributed by atoms with van der Waals surface area (Å²) in [5.41, 5.74) is 1.83. The Morgan fingerprint density at radius 3 is 2.43 bits per heavy atom. The van der Waals surface area contributed by atoms with Gasteiger partial charge in [-0.3, -0.25) is 0 Å². The van der Waals surface area contributed by atoms with Crippen molar-refractivity contribution in [2.24, 2.45) is 0 Å². The van der Waals surface area contributed by atoms with Crippen molar-refractivity contribution in [2.75, 3.05) is 6.54 Å². The molecule has 0 saturated heterocycles. The highest BCUT2D eigenvalue weighted by Crippen LogP contribution is 2.31. The molecule has 0 fully saturated rings. The molecule has 0 aliphatic heterocycles. The summed E-state index contributed by atoms with van der Waals surface area (Å²) in [7, 11) is 0. The van der Waals surface area contributed by atoms with Crippen LogP contribution in [0.4, 0.5) is 13.2 Å². The summed E-state index contributed by atoms with van der Waals surface area (Å²) in [6, 6.07) is 7.24. The topological polar surface area (TPSA) is 12.0 Å². The van der Waals surface area contributed by atoms with Crippen LogP contribution in [-0.4, -0.2) is 6.54 Å². The Morgan fingerprint density at radius 1 is 1.05 bits per heavy atom. The summed E-state index contributed by atoms with van der Waals surface area (Å²) >= 11 is 3.43. The molecule has 0 spiro atoms. The summed E-state index contributed by atoms with van der Waals surface area (Å²) < 4.78 is 41.6. The van der Waals surface area contributed by atoms with Crippen molar-refractivity contribution in [2.45, 2.75) is 19.9 Å². The van der Waals surface area contributed by atoms with Crippen LogP contribution >= 0.6 is 15.9 Å². The van der Waals surface area contributed by atoms with Gasteiger partial charge in [0.05, 0.1) is 6.04 Å². The monoisotopic (exact) mass is 357 g/mol. The van der Waals surface area contributed by atoms with Crippen molar-refractivity contribution >= 4 is 15.9 Å². The van der Waals surface area contributed by atoms with E-state index in [1.807, 2.05) is 32.0 Å². The molecule has 0 bridgehead atoms. The molecule has 1 N–H and O–H groups in total. The molecule has 0 radical (unpaired) electrons. The van der Waals surface area contributed by atoms with E-state index in [2.05, 4.69) is 21.2 Å². The van der Waals surface area contributed by atoms with Gasteiger partial charge in [-0.2, -0.15) is 0 Å². The van der Waals surface area contributed by atoms with Crippen LogP contribution in [0.2, 0.25) is 0 Å². The third-order valence-electron chi connectivity index (χ3n) is 3.40. The van der Waals surface area contributed by atoms with E-state index >= 15 is 0 Å². The van der Waals surface area contributed by atoms with Crippen LogP contribution in [0.15, 0.2) is 34.8 Å². The standard InChI is InChI=1S/C16H15BrF3N/c1-3-21-16(10-5-4-6-12(17)9(10)2)11-7-8-13(18)15(20)14(11)19/h4-8,16,21H,3H2,1-2H3. The molecule has 1 nitrogen and oxygen atoms in total. The smallest absolute Gasteiger partial charge is 0.194 e. The maximum absolute atomic E-state index is 14.1. The van der Waals surface area contributed by atoms with Crippen molar-refractivity contribution in [3.05, 3.63) is 68.9 Å². The van der Waals surface area contributed by atoms with Crippen LogP contribution in [0, 0.1) is 24.4 Å².